The number of allylic oxidation sites excluding steroid dienone is 4. The molecule has 0 unspecified atom stereocenters. The summed E-state index contributed by atoms with van der Waals surface area (Å²) in [5, 5.41) is 6.55. The van der Waals surface area contributed by atoms with Crippen molar-refractivity contribution in [3.05, 3.63) is 24.3 Å². The average Bonchev–Trinajstić information content (AvgIpc) is 3.09. The Morgan fingerprint density at radius 2 is 0.688 bits per heavy atom. The predicted molar refractivity (Wildman–Crippen MR) is 207 cm³/mol. The SMILES string of the molecule is CCCCCCCCC=CCCCCCCCC(=O)OCCNCCNCCOC(=O)CCCCCCCC=CCCCCCCCC. The Bertz CT molecular complexity index is 664. The van der Waals surface area contributed by atoms with Crippen molar-refractivity contribution in [1.82, 2.24) is 10.6 Å². The maximum Gasteiger partial charge on any atom is 0.305 e. The maximum atomic E-state index is 11.9. The number of ether oxygens (including phenoxy) is 2. The van der Waals surface area contributed by atoms with Crippen molar-refractivity contribution in [3.63, 3.8) is 0 Å². The predicted octanol–water partition coefficient (Wildman–Crippen LogP) is 11.3. The van der Waals surface area contributed by atoms with Gasteiger partial charge in [-0.05, 0) is 64.2 Å². The Morgan fingerprint density at radius 3 is 1.02 bits per heavy atom. The summed E-state index contributed by atoms with van der Waals surface area (Å²) < 4.78 is 10.7. The summed E-state index contributed by atoms with van der Waals surface area (Å²) in [6.07, 6.45) is 43.2. The minimum absolute atomic E-state index is 0.0869. The first-order valence-electron chi connectivity index (χ1n) is 20.7. The van der Waals surface area contributed by atoms with Crippen molar-refractivity contribution in [1.29, 1.82) is 0 Å². The second-order valence-corrected chi connectivity index (χ2v) is 13.6. The lowest BCUT2D eigenvalue weighted by atomic mass is 10.1. The minimum atomic E-state index is -0.0869. The van der Waals surface area contributed by atoms with E-state index in [0.717, 1.165) is 38.8 Å². The van der Waals surface area contributed by atoms with Gasteiger partial charge in [-0.15, -0.1) is 0 Å². The molecule has 0 aromatic heterocycles. The van der Waals surface area contributed by atoms with Gasteiger partial charge < -0.3 is 20.1 Å². The Morgan fingerprint density at radius 1 is 0.396 bits per heavy atom. The van der Waals surface area contributed by atoms with Gasteiger partial charge in [0.2, 0.25) is 0 Å². The van der Waals surface area contributed by atoms with Crippen LogP contribution in [-0.2, 0) is 19.1 Å². The van der Waals surface area contributed by atoms with Gasteiger partial charge in [-0.25, -0.2) is 0 Å². The fraction of sp³-hybridized carbons (Fsp3) is 0.857. The van der Waals surface area contributed by atoms with Crippen LogP contribution in [0.3, 0.4) is 0 Å². The highest BCUT2D eigenvalue weighted by atomic mass is 16.5. The van der Waals surface area contributed by atoms with Crippen LogP contribution in [0.25, 0.3) is 0 Å². The molecule has 0 aromatic carbocycles. The third-order valence-electron chi connectivity index (χ3n) is 8.85. The maximum absolute atomic E-state index is 11.9. The zero-order valence-corrected chi connectivity index (χ0v) is 32.0. The first-order valence-corrected chi connectivity index (χ1v) is 20.7. The largest absolute Gasteiger partial charge is 0.464 e. The van der Waals surface area contributed by atoms with Crippen LogP contribution in [0.5, 0.6) is 0 Å². The van der Waals surface area contributed by atoms with Crippen LogP contribution < -0.4 is 10.6 Å². The van der Waals surface area contributed by atoms with Crippen molar-refractivity contribution in [2.75, 3.05) is 39.4 Å². The van der Waals surface area contributed by atoms with Crippen LogP contribution in [0, 0.1) is 0 Å². The van der Waals surface area contributed by atoms with E-state index in [2.05, 4.69) is 48.8 Å². The molecule has 0 bridgehead atoms. The van der Waals surface area contributed by atoms with E-state index in [1.165, 1.54) is 141 Å². The number of hydrogen-bond acceptors (Lipinski definition) is 6. The van der Waals surface area contributed by atoms with E-state index in [1.54, 1.807) is 0 Å². The molecule has 0 fully saturated rings. The highest BCUT2D eigenvalue weighted by Gasteiger charge is 2.03. The standard InChI is InChI=1S/C42H80N2O4/c1-3-5-7-9-11-13-15-17-19-21-23-25-27-29-31-33-41(45)47-39-37-43-35-36-44-38-40-48-42(46)34-32-30-28-26-24-22-20-18-16-14-12-10-8-6-4-2/h17-20,43-44H,3-16,21-40H2,1-2H3. The molecule has 0 aliphatic rings. The summed E-state index contributed by atoms with van der Waals surface area (Å²) >= 11 is 0. The quantitative estimate of drug-likeness (QED) is 0.0383. The number of nitrogens with one attached hydrogen (secondary N) is 2. The van der Waals surface area contributed by atoms with E-state index in [-0.39, 0.29) is 11.9 Å². The molecular weight excluding hydrogens is 596 g/mol. The van der Waals surface area contributed by atoms with E-state index in [1.807, 2.05) is 0 Å². The van der Waals surface area contributed by atoms with E-state index in [0.29, 0.717) is 39.1 Å². The zero-order valence-electron chi connectivity index (χ0n) is 32.0. The van der Waals surface area contributed by atoms with Gasteiger partial charge in [0.25, 0.3) is 0 Å². The van der Waals surface area contributed by atoms with E-state index < -0.39 is 0 Å². The molecule has 0 rings (SSSR count). The molecule has 6 heteroatoms. The third kappa shape index (κ3) is 40.5. The van der Waals surface area contributed by atoms with Gasteiger partial charge in [0.15, 0.2) is 0 Å². The molecule has 48 heavy (non-hydrogen) atoms. The first-order chi connectivity index (χ1) is 23.7. The number of carbonyl (C=O) groups is 2. The number of unbranched alkanes of at least 4 members (excludes halogenated alkanes) is 22. The van der Waals surface area contributed by atoms with E-state index in [4.69, 9.17) is 9.47 Å². The zero-order chi connectivity index (χ0) is 34.9. The molecule has 282 valence electrons. The van der Waals surface area contributed by atoms with Crippen LogP contribution in [0.2, 0.25) is 0 Å². The smallest absolute Gasteiger partial charge is 0.305 e. The molecule has 0 radical (unpaired) electrons. The minimum Gasteiger partial charge on any atom is -0.464 e. The van der Waals surface area contributed by atoms with Crippen molar-refractivity contribution in [2.24, 2.45) is 0 Å². The molecular formula is C42H80N2O4. The second kappa shape index (κ2) is 41.5. The molecule has 0 saturated heterocycles. The molecule has 0 amide bonds. The van der Waals surface area contributed by atoms with E-state index >= 15 is 0 Å². The van der Waals surface area contributed by atoms with Crippen LogP contribution in [-0.4, -0.2) is 51.3 Å². The van der Waals surface area contributed by atoms with Gasteiger partial charge in [0.1, 0.15) is 13.2 Å². The molecule has 6 nitrogen and oxygen atoms in total. The lowest BCUT2D eigenvalue weighted by Gasteiger charge is -2.08. The van der Waals surface area contributed by atoms with Crippen LogP contribution >= 0.6 is 0 Å². The lowest BCUT2D eigenvalue weighted by molar-refractivity contribution is -0.144. The molecule has 0 atom stereocenters. The Kier molecular flexibility index (Phi) is 40.1. The topological polar surface area (TPSA) is 76.7 Å². The number of carbonyl (C=O) groups excluding carboxylic acids is 2. The third-order valence-corrected chi connectivity index (χ3v) is 8.85. The van der Waals surface area contributed by atoms with Crippen molar-refractivity contribution < 1.29 is 19.1 Å². The Balaban J connectivity index is 3.29. The van der Waals surface area contributed by atoms with Gasteiger partial charge >= 0.3 is 11.9 Å². The van der Waals surface area contributed by atoms with Gasteiger partial charge in [-0.1, -0.05) is 141 Å². The molecule has 0 saturated carbocycles. The summed E-state index contributed by atoms with van der Waals surface area (Å²) in [7, 11) is 0. The van der Waals surface area contributed by atoms with Gasteiger partial charge in [-0.2, -0.15) is 0 Å². The fourth-order valence-electron chi connectivity index (χ4n) is 5.73. The summed E-state index contributed by atoms with van der Waals surface area (Å²) in [5.41, 5.74) is 0. The second-order valence-electron chi connectivity index (χ2n) is 13.6. The fourth-order valence-corrected chi connectivity index (χ4v) is 5.73. The van der Waals surface area contributed by atoms with Crippen molar-refractivity contribution >= 4 is 11.9 Å². The first kappa shape index (κ1) is 46.3. The Labute approximate surface area is 298 Å². The highest BCUT2D eigenvalue weighted by molar-refractivity contribution is 5.69. The van der Waals surface area contributed by atoms with Gasteiger partial charge in [-0.3, -0.25) is 9.59 Å². The monoisotopic (exact) mass is 677 g/mol. The summed E-state index contributed by atoms with van der Waals surface area (Å²) in [5.74, 6) is -0.174. The van der Waals surface area contributed by atoms with Crippen molar-refractivity contribution in [2.45, 2.75) is 194 Å². The average molecular weight is 677 g/mol. The molecule has 0 aliphatic carbocycles. The molecule has 2 N–H and O–H groups in total. The highest BCUT2D eigenvalue weighted by Crippen LogP contribution is 2.12. The molecule has 0 aliphatic heterocycles. The van der Waals surface area contributed by atoms with Crippen LogP contribution in [0.1, 0.15) is 194 Å². The van der Waals surface area contributed by atoms with Crippen LogP contribution in [0.15, 0.2) is 24.3 Å². The van der Waals surface area contributed by atoms with Crippen LogP contribution in [0.4, 0.5) is 0 Å². The normalized spacial score (nSPS) is 11.6. The summed E-state index contributed by atoms with van der Waals surface area (Å²) in [4.78, 5) is 23.8. The molecule has 0 spiro atoms. The number of hydrogen-bond donors (Lipinski definition) is 2. The summed E-state index contributed by atoms with van der Waals surface area (Å²) in [6, 6.07) is 0. The van der Waals surface area contributed by atoms with Gasteiger partial charge in [0, 0.05) is 39.0 Å². The number of esters is 2. The lowest BCUT2D eigenvalue weighted by Crippen LogP contribution is -2.31. The Hall–Kier alpha value is -1.66. The molecule has 0 aromatic rings. The van der Waals surface area contributed by atoms with Crippen molar-refractivity contribution in [3.8, 4) is 0 Å². The summed E-state index contributed by atoms with van der Waals surface area (Å²) in [6.45, 7) is 8.25. The van der Waals surface area contributed by atoms with Gasteiger partial charge in [0.05, 0.1) is 0 Å². The van der Waals surface area contributed by atoms with E-state index in [9.17, 15) is 9.59 Å². The molecule has 0 heterocycles. The number of rotatable bonds is 39.